The molecule has 0 aliphatic carbocycles. The standard InChI is InChI=1S/C15H26N2OS/c1-5-8-17(11-15(3,4)10-16)14(18)13-12(6-2)7-9-19-13/h7,9H,5-6,8,10-11,16H2,1-4H3. The predicted octanol–water partition coefficient (Wildman–Crippen LogP) is 3.15. The molecule has 1 heterocycles. The molecule has 4 heteroatoms. The molecule has 0 bridgehead atoms. The molecule has 0 aliphatic rings. The fraction of sp³-hybridized carbons (Fsp3) is 0.667. The minimum atomic E-state index is -0.0333. The number of nitrogens with two attached hydrogens (primary N) is 1. The van der Waals surface area contributed by atoms with Crippen LogP contribution < -0.4 is 5.73 Å². The SMILES string of the molecule is CCCN(CC(C)(C)CN)C(=O)c1sccc1CC. The van der Waals surface area contributed by atoms with E-state index < -0.39 is 0 Å². The molecule has 0 unspecified atom stereocenters. The van der Waals surface area contributed by atoms with Crippen LogP contribution in [0.1, 0.15) is 49.4 Å². The third kappa shape index (κ3) is 4.32. The number of carbonyl (C=O) groups excluding carboxylic acids is 1. The number of hydrogen-bond acceptors (Lipinski definition) is 3. The van der Waals surface area contributed by atoms with E-state index >= 15 is 0 Å². The lowest BCUT2D eigenvalue weighted by molar-refractivity contribution is 0.0693. The first-order chi connectivity index (χ1) is 8.95. The maximum Gasteiger partial charge on any atom is 0.264 e. The van der Waals surface area contributed by atoms with Crippen molar-refractivity contribution in [3.05, 3.63) is 21.9 Å². The lowest BCUT2D eigenvalue weighted by Crippen LogP contribution is -2.42. The van der Waals surface area contributed by atoms with Crippen LogP contribution in [0.5, 0.6) is 0 Å². The van der Waals surface area contributed by atoms with E-state index in [4.69, 9.17) is 5.73 Å². The molecule has 1 amide bonds. The maximum absolute atomic E-state index is 12.7. The van der Waals surface area contributed by atoms with E-state index in [-0.39, 0.29) is 11.3 Å². The highest BCUT2D eigenvalue weighted by Gasteiger charge is 2.25. The number of rotatable bonds is 7. The number of amides is 1. The van der Waals surface area contributed by atoms with Crippen molar-refractivity contribution in [2.24, 2.45) is 11.1 Å². The molecule has 1 aromatic heterocycles. The Morgan fingerprint density at radius 2 is 2.11 bits per heavy atom. The largest absolute Gasteiger partial charge is 0.337 e. The Hall–Kier alpha value is -0.870. The van der Waals surface area contributed by atoms with E-state index in [9.17, 15) is 4.79 Å². The smallest absolute Gasteiger partial charge is 0.264 e. The van der Waals surface area contributed by atoms with Crippen molar-refractivity contribution in [2.75, 3.05) is 19.6 Å². The van der Waals surface area contributed by atoms with Crippen LogP contribution in [0.3, 0.4) is 0 Å². The van der Waals surface area contributed by atoms with Gasteiger partial charge in [0.2, 0.25) is 0 Å². The van der Waals surface area contributed by atoms with Gasteiger partial charge in [0.1, 0.15) is 0 Å². The van der Waals surface area contributed by atoms with Crippen molar-refractivity contribution in [3.63, 3.8) is 0 Å². The molecule has 3 nitrogen and oxygen atoms in total. The molecule has 0 aromatic carbocycles. The van der Waals surface area contributed by atoms with Crippen molar-refractivity contribution in [3.8, 4) is 0 Å². The van der Waals surface area contributed by atoms with Crippen LogP contribution in [0.25, 0.3) is 0 Å². The van der Waals surface area contributed by atoms with Gasteiger partial charge in [-0.2, -0.15) is 0 Å². The fourth-order valence-electron chi connectivity index (χ4n) is 2.05. The van der Waals surface area contributed by atoms with Crippen LogP contribution in [0.2, 0.25) is 0 Å². The average molecular weight is 282 g/mol. The summed E-state index contributed by atoms with van der Waals surface area (Å²) < 4.78 is 0. The van der Waals surface area contributed by atoms with Gasteiger partial charge in [0.25, 0.3) is 5.91 Å². The van der Waals surface area contributed by atoms with E-state index in [2.05, 4.69) is 33.8 Å². The zero-order valence-corrected chi connectivity index (χ0v) is 13.3. The van der Waals surface area contributed by atoms with Gasteiger partial charge in [0.15, 0.2) is 0 Å². The summed E-state index contributed by atoms with van der Waals surface area (Å²) in [6, 6.07) is 2.05. The minimum absolute atomic E-state index is 0.0333. The van der Waals surface area contributed by atoms with Gasteiger partial charge < -0.3 is 10.6 Å². The molecule has 2 N–H and O–H groups in total. The molecule has 0 spiro atoms. The Kier molecular flexibility index (Phi) is 6.01. The Labute approximate surface area is 120 Å². The van der Waals surface area contributed by atoms with Crippen LogP contribution in [0.4, 0.5) is 0 Å². The molecule has 0 radical (unpaired) electrons. The molecule has 0 fully saturated rings. The monoisotopic (exact) mass is 282 g/mol. The van der Waals surface area contributed by atoms with E-state index in [0.717, 1.165) is 36.4 Å². The summed E-state index contributed by atoms with van der Waals surface area (Å²) in [6.45, 7) is 10.5. The van der Waals surface area contributed by atoms with E-state index in [1.165, 1.54) is 0 Å². The van der Waals surface area contributed by atoms with Gasteiger partial charge >= 0.3 is 0 Å². The molecule has 0 saturated carbocycles. The second-order valence-corrected chi connectivity index (χ2v) is 6.64. The normalized spacial score (nSPS) is 11.6. The third-order valence-electron chi connectivity index (χ3n) is 3.27. The van der Waals surface area contributed by atoms with Gasteiger partial charge in [-0.25, -0.2) is 0 Å². The minimum Gasteiger partial charge on any atom is -0.337 e. The quantitative estimate of drug-likeness (QED) is 0.835. The van der Waals surface area contributed by atoms with Crippen LogP contribution >= 0.6 is 11.3 Å². The number of carbonyl (C=O) groups is 1. The van der Waals surface area contributed by atoms with Gasteiger partial charge in [-0.3, -0.25) is 4.79 Å². The van der Waals surface area contributed by atoms with Gasteiger partial charge in [-0.05, 0) is 41.8 Å². The Morgan fingerprint density at radius 3 is 2.63 bits per heavy atom. The highest BCUT2D eigenvalue weighted by Crippen LogP contribution is 2.22. The second kappa shape index (κ2) is 7.06. The molecule has 1 rings (SSSR count). The van der Waals surface area contributed by atoms with Crippen molar-refractivity contribution in [2.45, 2.75) is 40.5 Å². The summed E-state index contributed by atoms with van der Waals surface area (Å²) in [5.41, 5.74) is 6.91. The number of nitrogens with zero attached hydrogens (tertiary/aromatic N) is 1. The topological polar surface area (TPSA) is 46.3 Å². The number of hydrogen-bond donors (Lipinski definition) is 1. The van der Waals surface area contributed by atoms with Gasteiger partial charge in [0.05, 0.1) is 4.88 Å². The van der Waals surface area contributed by atoms with Crippen LogP contribution in [-0.4, -0.2) is 30.4 Å². The molecule has 0 saturated heterocycles. The number of thiophene rings is 1. The van der Waals surface area contributed by atoms with Gasteiger partial charge in [-0.1, -0.05) is 27.7 Å². The summed E-state index contributed by atoms with van der Waals surface area (Å²) in [4.78, 5) is 15.5. The Morgan fingerprint density at radius 1 is 1.42 bits per heavy atom. The van der Waals surface area contributed by atoms with Crippen molar-refractivity contribution in [1.82, 2.24) is 4.90 Å². The van der Waals surface area contributed by atoms with E-state index in [0.29, 0.717) is 6.54 Å². The Balaban J connectivity index is 2.90. The predicted molar refractivity (Wildman–Crippen MR) is 82.7 cm³/mol. The summed E-state index contributed by atoms with van der Waals surface area (Å²) in [5.74, 6) is 0.162. The number of aryl methyl sites for hydroxylation is 1. The van der Waals surface area contributed by atoms with E-state index in [1.54, 1.807) is 11.3 Å². The summed E-state index contributed by atoms with van der Waals surface area (Å²) in [7, 11) is 0. The maximum atomic E-state index is 12.7. The third-order valence-corrected chi connectivity index (χ3v) is 4.22. The molecular weight excluding hydrogens is 256 g/mol. The lowest BCUT2D eigenvalue weighted by atomic mass is 9.93. The zero-order valence-electron chi connectivity index (χ0n) is 12.5. The first-order valence-corrected chi connectivity index (χ1v) is 7.88. The lowest BCUT2D eigenvalue weighted by Gasteiger charge is -2.31. The van der Waals surface area contributed by atoms with Crippen molar-refractivity contribution < 1.29 is 4.79 Å². The average Bonchev–Trinajstić information content (AvgIpc) is 2.85. The summed E-state index contributed by atoms with van der Waals surface area (Å²) in [5, 5.41) is 2.00. The second-order valence-electron chi connectivity index (χ2n) is 5.72. The van der Waals surface area contributed by atoms with Crippen molar-refractivity contribution in [1.29, 1.82) is 0 Å². The van der Waals surface area contributed by atoms with Gasteiger partial charge in [0, 0.05) is 13.1 Å². The summed E-state index contributed by atoms with van der Waals surface area (Å²) >= 11 is 1.55. The molecular formula is C15H26N2OS. The fourth-order valence-corrected chi connectivity index (χ4v) is 3.01. The van der Waals surface area contributed by atoms with Crippen LogP contribution in [0.15, 0.2) is 11.4 Å². The van der Waals surface area contributed by atoms with Gasteiger partial charge in [-0.15, -0.1) is 11.3 Å². The van der Waals surface area contributed by atoms with Crippen molar-refractivity contribution >= 4 is 17.2 Å². The molecule has 0 atom stereocenters. The van der Waals surface area contributed by atoms with Crippen LogP contribution in [0, 0.1) is 5.41 Å². The van der Waals surface area contributed by atoms with E-state index in [1.807, 2.05) is 10.3 Å². The molecule has 0 aliphatic heterocycles. The zero-order chi connectivity index (χ0) is 14.5. The first-order valence-electron chi connectivity index (χ1n) is 7.01. The first kappa shape index (κ1) is 16.2. The van der Waals surface area contributed by atoms with Crippen LogP contribution in [-0.2, 0) is 6.42 Å². The highest BCUT2D eigenvalue weighted by molar-refractivity contribution is 7.12. The highest BCUT2D eigenvalue weighted by atomic mass is 32.1. The molecule has 19 heavy (non-hydrogen) atoms. The molecule has 108 valence electrons. The molecule has 1 aromatic rings. The Bertz CT molecular complexity index is 412. The summed E-state index contributed by atoms with van der Waals surface area (Å²) in [6.07, 6.45) is 1.88.